The molecular weight excluding hydrogens is 172 g/mol. The summed E-state index contributed by atoms with van der Waals surface area (Å²) in [4.78, 5) is 0. The van der Waals surface area contributed by atoms with Gasteiger partial charge in [0, 0.05) is 12.1 Å². The maximum absolute atomic E-state index is 6.13. The van der Waals surface area contributed by atoms with E-state index in [0.717, 1.165) is 18.4 Å². The monoisotopic (exact) mass is 198 g/mol. The molecule has 1 fully saturated rings. The molecule has 1 rings (SSSR count). The lowest BCUT2D eigenvalue weighted by Crippen LogP contribution is -2.52. The van der Waals surface area contributed by atoms with Crippen LogP contribution in [0.25, 0.3) is 0 Å². The highest BCUT2D eigenvalue weighted by Crippen LogP contribution is 2.37. The molecular formula is C12H26N2. The second kappa shape index (κ2) is 3.82. The molecule has 2 nitrogen and oxygen atoms in total. The van der Waals surface area contributed by atoms with E-state index in [9.17, 15) is 0 Å². The van der Waals surface area contributed by atoms with Crippen LogP contribution in [0.15, 0.2) is 0 Å². The molecule has 0 spiro atoms. The fourth-order valence-electron chi connectivity index (χ4n) is 1.48. The summed E-state index contributed by atoms with van der Waals surface area (Å²) in [6, 6.07) is 0. The fourth-order valence-corrected chi connectivity index (χ4v) is 1.48. The van der Waals surface area contributed by atoms with Gasteiger partial charge in [-0.1, -0.05) is 20.8 Å². The van der Waals surface area contributed by atoms with Crippen LogP contribution < -0.4 is 11.1 Å². The van der Waals surface area contributed by atoms with Gasteiger partial charge in [0.1, 0.15) is 0 Å². The van der Waals surface area contributed by atoms with E-state index < -0.39 is 0 Å². The Morgan fingerprint density at radius 2 is 1.79 bits per heavy atom. The van der Waals surface area contributed by atoms with Crippen molar-refractivity contribution in [2.45, 2.75) is 46.6 Å². The zero-order valence-electron chi connectivity index (χ0n) is 10.4. The van der Waals surface area contributed by atoms with Gasteiger partial charge in [0.2, 0.25) is 0 Å². The Morgan fingerprint density at radius 1 is 1.29 bits per heavy atom. The highest BCUT2D eigenvalue weighted by molar-refractivity contribution is 4.92. The number of nitrogens with two attached hydrogens (primary N) is 1. The molecule has 14 heavy (non-hydrogen) atoms. The Bertz CT molecular complexity index is 191. The van der Waals surface area contributed by atoms with Gasteiger partial charge in [-0.05, 0) is 44.1 Å². The molecule has 0 radical (unpaired) electrons. The highest BCUT2D eigenvalue weighted by atomic mass is 14.9. The minimum Gasteiger partial charge on any atom is -0.325 e. The predicted octanol–water partition coefficient (Wildman–Crippen LogP) is 2.00. The van der Waals surface area contributed by atoms with Crippen molar-refractivity contribution in [3.8, 4) is 0 Å². The molecule has 2 unspecified atom stereocenters. The summed E-state index contributed by atoms with van der Waals surface area (Å²) in [6.45, 7) is 13.2. The second-order valence-corrected chi connectivity index (χ2v) is 6.21. The molecule has 1 saturated carbocycles. The van der Waals surface area contributed by atoms with Gasteiger partial charge >= 0.3 is 0 Å². The van der Waals surface area contributed by atoms with Gasteiger partial charge in [-0.15, -0.1) is 0 Å². The number of nitrogens with one attached hydrogen (secondary N) is 1. The maximum atomic E-state index is 6.13. The Hall–Kier alpha value is -0.0800. The van der Waals surface area contributed by atoms with Crippen molar-refractivity contribution in [2.75, 3.05) is 13.1 Å². The van der Waals surface area contributed by atoms with Gasteiger partial charge in [0.15, 0.2) is 0 Å². The molecule has 1 aliphatic rings. The summed E-state index contributed by atoms with van der Waals surface area (Å²) >= 11 is 0. The normalized spacial score (nSPS) is 27.9. The average Bonchev–Trinajstić information content (AvgIpc) is 2.63. The quantitative estimate of drug-likeness (QED) is 0.709. The topological polar surface area (TPSA) is 38.0 Å². The molecule has 0 aromatic rings. The third-order valence-corrected chi connectivity index (χ3v) is 3.99. The van der Waals surface area contributed by atoms with E-state index in [2.05, 4.69) is 39.9 Å². The van der Waals surface area contributed by atoms with E-state index in [1.165, 1.54) is 13.0 Å². The highest BCUT2D eigenvalue weighted by Gasteiger charge is 2.35. The minimum absolute atomic E-state index is 0.116. The zero-order chi connectivity index (χ0) is 11.0. The Kier molecular flexibility index (Phi) is 3.27. The van der Waals surface area contributed by atoms with Gasteiger partial charge < -0.3 is 11.1 Å². The summed E-state index contributed by atoms with van der Waals surface area (Å²) in [7, 11) is 0. The van der Waals surface area contributed by atoms with Crippen molar-refractivity contribution in [1.82, 2.24) is 5.32 Å². The lowest BCUT2D eigenvalue weighted by atomic mass is 9.75. The van der Waals surface area contributed by atoms with Gasteiger partial charge in [0.25, 0.3) is 0 Å². The molecule has 0 aliphatic heterocycles. The lowest BCUT2D eigenvalue weighted by molar-refractivity contribution is 0.194. The number of rotatable bonds is 5. The first-order valence-electron chi connectivity index (χ1n) is 5.73. The van der Waals surface area contributed by atoms with Crippen LogP contribution >= 0.6 is 0 Å². The van der Waals surface area contributed by atoms with Crippen LogP contribution in [0.4, 0.5) is 0 Å². The van der Waals surface area contributed by atoms with Gasteiger partial charge in [0.05, 0.1) is 0 Å². The van der Waals surface area contributed by atoms with Crippen molar-refractivity contribution in [3.05, 3.63) is 0 Å². The molecule has 84 valence electrons. The fraction of sp³-hybridized carbons (Fsp3) is 1.00. The SMILES string of the molecule is CC1CC1CNCC(C)(C)C(C)(C)N. The third-order valence-electron chi connectivity index (χ3n) is 3.99. The number of hydrogen-bond donors (Lipinski definition) is 2. The van der Waals surface area contributed by atoms with E-state index in [1.54, 1.807) is 0 Å². The van der Waals surface area contributed by atoms with Crippen molar-refractivity contribution in [2.24, 2.45) is 23.0 Å². The maximum Gasteiger partial charge on any atom is 0.0161 e. The minimum atomic E-state index is -0.116. The zero-order valence-corrected chi connectivity index (χ0v) is 10.4. The van der Waals surface area contributed by atoms with Crippen LogP contribution in [0.3, 0.4) is 0 Å². The van der Waals surface area contributed by atoms with Crippen molar-refractivity contribution >= 4 is 0 Å². The second-order valence-electron chi connectivity index (χ2n) is 6.21. The predicted molar refractivity (Wildman–Crippen MR) is 62.2 cm³/mol. The molecule has 3 N–H and O–H groups in total. The van der Waals surface area contributed by atoms with Crippen LogP contribution in [0.5, 0.6) is 0 Å². The van der Waals surface area contributed by atoms with Crippen molar-refractivity contribution < 1.29 is 0 Å². The van der Waals surface area contributed by atoms with Crippen LogP contribution in [0, 0.1) is 17.3 Å². The summed E-state index contributed by atoms with van der Waals surface area (Å²) in [5, 5.41) is 3.54. The standard InChI is InChI=1S/C12H26N2/c1-9-6-10(9)7-14-8-11(2,3)12(4,5)13/h9-10,14H,6-8,13H2,1-5H3. The van der Waals surface area contributed by atoms with E-state index >= 15 is 0 Å². The lowest BCUT2D eigenvalue weighted by Gasteiger charge is -2.38. The van der Waals surface area contributed by atoms with E-state index in [1.807, 2.05) is 0 Å². The molecule has 0 heterocycles. The summed E-state index contributed by atoms with van der Waals surface area (Å²) in [5.74, 6) is 1.86. The summed E-state index contributed by atoms with van der Waals surface area (Å²) < 4.78 is 0. The van der Waals surface area contributed by atoms with E-state index in [4.69, 9.17) is 5.73 Å². The molecule has 0 aromatic carbocycles. The third kappa shape index (κ3) is 2.96. The number of hydrogen-bond acceptors (Lipinski definition) is 2. The molecule has 1 aliphatic carbocycles. The largest absolute Gasteiger partial charge is 0.325 e. The van der Waals surface area contributed by atoms with Crippen molar-refractivity contribution in [3.63, 3.8) is 0 Å². The molecule has 0 saturated heterocycles. The van der Waals surface area contributed by atoms with Crippen LogP contribution in [-0.4, -0.2) is 18.6 Å². The van der Waals surface area contributed by atoms with Crippen LogP contribution in [0.1, 0.15) is 41.0 Å². The molecule has 0 bridgehead atoms. The van der Waals surface area contributed by atoms with Crippen molar-refractivity contribution in [1.29, 1.82) is 0 Å². The van der Waals surface area contributed by atoms with Crippen LogP contribution in [0.2, 0.25) is 0 Å². The van der Waals surface area contributed by atoms with E-state index in [-0.39, 0.29) is 11.0 Å². The summed E-state index contributed by atoms with van der Waals surface area (Å²) in [5.41, 5.74) is 6.17. The van der Waals surface area contributed by atoms with Crippen LogP contribution in [-0.2, 0) is 0 Å². The summed E-state index contributed by atoms with van der Waals surface area (Å²) in [6.07, 6.45) is 1.40. The Morgan fingerprint density at radius 3 is 2.14 bits per heavy atom. The Labute approximate surface area is 88.6 Å². The Balaban J connectivity index is 2.22. The molecule has 2 atom stereocenters. The van der Waals surface area contributed by atoms with Gasteiger partial charge in [-0.3, -0.25) is 0 Å². The van der Waals surface area contributed by atoms with Gasteiger partial charge in [-0.2, -0.15) is 0 Å². The van der Waals surface area contributed by atoms with Gasteiger partial charge in [-0.25, -0.2) is 0 Å². The first-order valence-corrected chi connectivity index (χ1v) is 5.73. The average molecular weight is 198 g/mol. The van der Waals surface area contributed by atoms with E-state index in [0.29, 0.717) is 0 Å². The smallest absolute Gasteiger partial charge is 0.0161 e. The molecule has 0 amide bonds. The molecule has 2 heteroatoms. The molecule has 0 aromatic heterocycles. The first-order chi connectivity index (χ1) is 6.24. The first kappa shape index (κ1) is 12.0.